The number of rotatable bonds is 10. The predicted octanol–water partition coefficient (Wildman–Crippen LogP) is 6.92. The van der Waals surface area contributed by atoms with Crippen molar-refractivity contribution in [2.45, 2.75) is 84.2 Å². The van der Waals surface area contributed by atoms with Gasteiger partial charge in [-0.25, -0.2) is 0 Å². The molecule has 3 nitrogen and oxygen atoms in total. The fraction of sp³-hybridized carbons (Fsp3) is 0.760. The van der Waals surface area contributed by atoms with E-state index in [1.54, 1.807) is 0 Å². The SMILES string of the molecule is CCCCC1CCC(C2CCC(COc3ccc(OCCC)c(F)c3F)OC2)CC1. The zero-order valence-electron chi connectivity index (χ0n) is 18.6. The predicted molar refractivity (Wildman–Crippen MR) is 115 cm³/mol. The second-order valence-corrected chi connectivity index (χ2v) is 9.07. The van der Waals surface area contributed by atoms with Gasteiger partial charge in [0.1, 0.15) is 6.61 Å². The third kappa shape index (κ3) is 6.32. The Bertz CT molecular complexity index is 636. The second-order valence-electron chi connectivity index (χ2n) is 9.07. The van der Waals surface area contributed by atoms with Crippen molar-refractivity contribution in [3.05, 3.63) is 23.8 Å². The standard InChI is InChI=1S/C25H38F2O3/c1-3-5-6-18-7-9-19(10-8-18)20-11-12-21(29-16-20)17-30-23-14-13-22(28-15-4-2)24(26)25(23)27/h13-14,18-21H,3-12,15-17H2,1-2H3. The summed E-state index contributed by atoms with van der Waals surface area (Å²) in [7, 11) is 0. The molecule has 0 amide bonds. The fourth-order valence-corrected chi connectivity index (χ4v) is 4.90. The topological polar surface area (TPSA) is 27.7 Å². The van der Waals surface area contributed by atoms with Gasteiger partial charge in [0.25, 0.3) is 0 Å². The highest BCUT2D eigenvalue weighted by atomic mass is 19.2. The minimum absolute atomic E-state index is 0.0550. The quantitative estimate of drug-likeness (QED) is 0.408. The monoisotopic (exact) mass is 424 g/mol. The molecule has 0 bridgehead atoms. The smallest absolute Gasteiger partial charge is 0.204 e. The van der Waals surface area contributed by atoms with E-state index in [0.29, 0.717) is 12.5 Å². The summed E-state index contributed by atoms with van der Waals surface area (Å²) in [5.41, 5.74) is 0. The van der Waals surface area contributed by atoms with Gasteiger partial charge in [-0.3, -0.25) is 0 Å². The zero-order chi connectivity index (χ0) is 21.3. The molecule has 0 N–H and O–H groups in total. The highest BCUT2D eigenvalue weighted by molar-refractivity contribution is 5.35. The zero-order valence-corrected chi connectivity index (χ0v) is 18.6. The van der Waals surface area contributed by atoms with Crippen LogP contribution < -0.4 is 9.47 Å². The van der Waals surface area contributed by atoms with Crippen LogP contribution in [-0.4, -0.2) is 25.9 Å². The first kappa shape index (κ1) is 23.3. The lowest BCUT2D eigenvalue weighted by Gasteiger charge is -2.37. The van der Waals surface area contributed by atoms with Crippen molar-refractivity contribution in [2.75, 3.05) is 19.8 Å². The summed E-state index contributed by atoms with van der Waals surface area (Å²) in [4.78, 5) is 0. The summed E-state index contributed by atoms with van der Waals surface area (Å²) in [5, 5.41) is 0. The van der Waals surface area contributed by atoms with E-state index in [9.17, 15) is 8.78 Å². The van der Waals surface area contributed by atoms with Crippen LogP contribution in [0, 0.1) is 29.4 Å². The van der Waals surface area contributed by atoms with Crippen LogP contribution in [0.3, 0.4) is 0 Å². The van der Waals surface area contributed by atoms with Crippen LogP contribution in [-0.2, 0) is 4.74 Å². The minimum Gasteiger partial charge on any atom is -0.490 e. The molecule has 2 atom stereocenters. The molecule has 2 aliphatic rings. The minimum atomic E-state index is -0.989. The van der Waals surface area contributed by atoms with Crippen LogP contribution >= 0.6 is 0 Å². The number of halogens is 2. The molecule has 0 aromatic heterocycles. The van der Waals surface area contributed by atoms with Crippen molar-refractivity contribution in [1.82, 2.24) is 0 Å². The third-order valence-electron chi connectivity index (χ3n) is 6.83. The summed E-state index contributed by atoms with van der Waals surface area (Å²) < 4.78 is 45.1. The number of hydrogen-bond acceptors (Lipinski definition) is 3. The van der Waals surface area contributed by atoms with Gasteiger partial charge in [0.15, 0.2) is 11.5 Å². The molecule has 0 spiro atoms. The molecule has 1 aromatic carbocycles. The summed E-state index contributed by atoms with van der Waals surface area (Å²) in [5.74, 6) is 0.234. The van der Waals surface area contributed by atoms with Crippen LogP contribution in [0.15, 0.2) is 12.1 Å². The summed E-state index contributed by atoms with van der Waals surface area (Å²) in [6, 6.07) is 2.87. The fourth-order valence-electron chi connectivity index (χ4n) is 4.90. The van der Waals surface area contributed by atoms with Gasteiger partial charge in [-0.2, -0.15) is 8.78 Å². The van der Waals surface area contributed by atoms with Crippen molar-refractivity contribution in [3.63, 3.8) is 0 Å². The van der Waals surface area contributed by atoms with Crippen molar-refractivity contribution < 1.29 is 23.0 Å². The summed E-state index contributed by atoms with van der Waals surface area (Å²) >= 11 is 0. The maximum atomic E-state index is 14.2. The summed E-state index contributed by atoms with van der Waals surface area (Å²) in [6.07, 6.45) is 12.2. The second kappa shape index (κ2) is 11.9. The summed E-state index contributed by atoms with van der Waals surface area (Å²) in [6.45, 7) is 5.56. The highest BCUT2D eigenvalue weighted by Crippen LogP contribution is 2.39. The Kier molecular flexibility index (Phi) is 9.23. The van der Waals surface area contributed by atoms with Gasteiger partial charge in [-0.15, -0.1) is 0 Å². The average molecular weight is 425 g/mol. The van der Waals surface area contributed by atoms with Crippen molar-refractivity contribution in [2.24, 2.45) is 17.8 Å². The Hall–Kier alpha value is -1.36. The molecule has 1 saturated carbocycles. The number of benzene rings is 1. The van der Waals surface area contributed by atoms with Crippen molar-refractivity contribution >= 4 is 0 Å². The molecule has 170 valence electrons. The molecule has 3 rings (SSSR count). The maximum Gasteiger partial charge on any atom is 0.204 e. The maximum absolute atomic E-state index is 14.2. The Morgan fingerprint density at radius 3 is 2.13 bits per heavy atom. The number of ether oxygens (including phenoxy) is 3. The third-order valence-corrected chi connectivity index (χ3v) is 6.83. The van der Waals surface area contributed by atoms with Crippen LogP contribution in [0.2, 0.25) is 0 Å². The van der Waals surface area contributed by atoms with Gasteiger partial charge in [0, 0.05) is 0 Å². The average Bonchev–Trinajstić information content (AvgIpc) is 2.79. The van der Waals surface area contributed by atoms with E-state index >= 15 is 0 Å². The first-order valence-electron chi connectivity index (χ1n) is 12.0. The molecule has 30 heavy (non-hydrogen) atoms. The van der Waals surface area contributed by atoms with E-state index in [1.807, 2.05) is 6.92 Å². The molecule has 1 aliphatic heterocycles. The first-order valence-corrected chi connectivity index (χ1v) is 12.0. The highest BCUT2D eigenvalue weighted by Gasteiger charge is 2.31. The molecule has 1 saturated heterocycles. The van der Waals surface area contributed by atoms with Gasteiger partial charge >= 0.3 is 0 Å². The lowest BCUT2D eigenvalue weighted by atomic mass is 9.73. The van der Waals surface area contributed by atoms with Gasteiger partial charge in [-0.05, 0) is 62.0 Å². The van der Waals surface area contributed by atoms with Gasteiger partial charge in [-0.1, -0.05) is 46.0 Å². The lowest BCUT2D eigenvalue weighted by Crippen LogP contribution is -2.35. The molecule has 1 aromatic rings. The normalized spacial score (nSPS) is 27.1. The van der Waals surface area contributed by atoms with Gasteiger partial charge in [0.2, 0.25) is 11.6 Å². The van der Waals surface area contributed by atoms with Crippen molar-refractivity contribution in [1.29, 1.82) is 0 Å². The largest absolute Gasteiger partial charge is 0.490 e. The molecule has 5 heteroatoms. The number of hydrogen-bond donors (Lipinski definition) is 0. The van der Waals surface area contributed by atoms with E-state index < -0.39 is 11.6 Å². The molecular weight excluding hydrogens is 386 g/mol. The number of unbranched alkanes of at least 4 members (excludes halogenated alkanes) is 1. The van der Waals surface area contributed by atoms with Crippen LogP contribution in [0.1, 0.15) is 78.1 Å². The van der Waals surface area contributed by atoms with Crippen LogP contribution in [0.25, 0.3) is 0 Å². The van der Waals surface area contributed by atoms with E-state index in [-0.39, 0.29) is 24.2 Å². The van der Waals surface area contributed by atoms with E-state index in [2.05, 4.69) is 6.92 Å². The van der Waals surface area contributed by atoms with Gasteiger partial charge in [0.05, 0.1) is 19.3 Å². The molecule has 1 aliphatic carbocycles. The van der Waals surface area contributed by atoms with Crippen LogP contribution in [0.4, 0.5) is 8.78 Å². The van der Waals surface area contributed by atoms with Gasteiger partial charge < -0.3 is 14.2 Å². The lowest BCUT2D eigenvalue weighted by molar-refractivity contribution is -0.0565. The molecule has 1 heterocycles. The molecule has 2 unspecified atom stereocenters. The van der Waals surface area contributed by atoms with Crippen molar-refractivity contribution in [3.8, 4) is 11.5 Å². The first-order chi connectivity index (χ1) is 14.6. The Morgan fingerprint density at radius 2 is 1.53 bits per heavy atom. The molecule has 0 radical (unpaired) electrons. The van der Waals surface area contributed by atoms with Crippen LogP contribution in [0.5, 0.6) is 11.5 Å². The Morgan fingerprint density at radius 1 is 0.867 bits per heavy atom. The molecular formula is C25H38F2O3. The van der Waals surface area contributed by atoms with E-state index in [1.165, 1.54) is 57.1 Å². The Labute approximate surface area is 180 Å². The van der Waals surface area contributed by atoms with E-state index in [0.717, 1.165) is 37.7 Å². The Balaban J connectivity index is 1.40. The van der Waals surface area contributed by atoms with E-state index in [4.69, 9.17) is 14.2 Å². The molecule has 2 fully saturated rings.